The lowest BCUT2D eigenvalue weighted by Gasteiger charge is -2.18. The van der Waals surface area contributed by atoms with E-state index >= 15 is 0 Å². The summed E-state index contributed by atoms with van der Waals surface area (Å²) in [7, 11) is 0. The van der Waals surface area contributed by atoms with E-state index in [2.05, 4.69) is 10.4 Å². The smallest absolute Gasteiger partial charge is 0.128 e. The first kappa shape index (κ1) is 12.0. The third-order valence-electron chi connectivity index (χ3n) is 2.50. The van der Waals surface area contributed by atoms with Crippen LogP contribution in [0.2, 0.25) is 5.02 Å². The van der Waals surface area contributed by atoms with Crippen molar-refractivity contribution in [2.45, 2.75) is 6.04 Å². The zero-order chi connectivity index (χ0) is 12.3. The third kappa shape index (κ3) is 2.44. The van der Waals surface area contributed by atoms with Gasteiger partial charge in [-0.05, 0) is 17.7 Å². The SMILES string of the molecule is NNC(c1ccccc1F)c1ccncc1Cl. The number of hydrazine groups is 1. The third-order valence-corrected chi connectivity index (χ3v) is 2.81. The van der Waals surface area contributed by atoms with Crippen molar-refractivity contribution < 1.29 is 4.39 Å². The lowest BCUT2D eigenvalue weighted by Crippen LogP contribution is -2.29. The summed E-state index contributed by atoms with van der Waals surface area (Å²) in [6, 6.07) is 7.63. The number of pyridine rings is 1. The van der Waals surface area contributed by atoms with Gasteiger partial charge in [0.25, 0.3) is 0 Å². The van der Waals surface area contributed by atoms with Gasteiger partial charge in [0, 0.05) is 18.0 Å². The number of hydrogen-bond acceptors (Lipinski definition) is 3. The summed E-state index contributed by atoms with van der Waals surface area (Å²) < 4.78 is 13.7. The summed E-state index contributed by atoms with van der Waals surface area (Å²) in [4.78, 5) is 3.88. The molecule has 0 aliphatic heterocycles. The van der Waals surface area contributed by atoms with Gasteiger partial charge >= 0.3 is 0 Å². The van der Waals surface area contributed by atoms with Crippen LogP contribution in [0.4, 0.5) is 4.39 Å². The van der Waals surface area contributed by atoms with Crippen molar-refractivity contribution in [2.75, 3.05) is 0 Å². The van der Waals surface area contributed by atoms with E-state index in [0.29, 0.717) is 16.1 Å². The number of nitrogens with zero attached hydrogens (tertiary/aromatic N) is 1. The van der Waals surface area contributed by atoms with Gasteiger partial charge in [0.2, 0.25) is 0 Å². The molecule has 0 amide bonds. The molecular weight excluding hydrogens is 241 g/mol. The van der Waals surface area contributed by atoms with Gasteiger partial charge in [-0.15, -0.1) is 0 Å². The second-order valence-corrected chi connectivity index (χ2v) is 3.93. The summed E-state index contributed by atoms with van der Waals surface area (Å²) in [5.41, 5.74) is 3.70. The lowest BCUT2D eigenvalue weighted by atomic mass is 10.00. The molecule has 2 rings (SSSR count). The molecule has 3 nitrogen and oxygen atoms in total. The van der Waals surface area contributed by atoms with Gasteiger partial charge in [0.1, 0.15) is 5.82 Å². The van der Waals surface area contributed by atoms with Crippen LogP contribution in [0.25, 0.3) is 0 Å². The van der Waals surface area contributed by atoms with Crippen LogP contribution >= 0.6 is 11.6 Å². The highest BCUT2D eigenvalue weighted by atomic mass is 35.5. The molecule has 5 heteroatoms. The molecule has 88 valence electrons. The first-order valence-corrected chi connectivity index (χ1v) is 5.42. The monoisotopic (exact) mass is 251 g/mol. The Labute approximate surface area is 103 Å². The van der Waals surface area contributed by atoms with Gasteiger partial charge < -0.3 is 0 Å². The minimum absolute atomic E-state index is 0.330. The minimum atomic E-state index is -0.494. The average molecular weight is 252 g/mol. The number of benzene rings is 1. The van der Waals surface area contributed by atoms with Gasteiger partial charge in [-0.2, -0.15) is 0 Å². The molecule has 1 aromatic heterocycles. The first-order chi connectivity index (χ1) is 8.24. The summed E-state index contributed by atoms with van der Waals surface area (Å²) in [6.45, 7) is 0. The normalized spacial score (nSPS) is 12.4. The molecule has 0 radical (unpaired) electrons. The van der Waals surface area contributed by atoms with Gasteiger partial charge in [-0.3, -0.25) is 10.8 Å². The predicted molar refractivity (Wildman–Crippen MR) is 64.8 cm³/mol. The molecule has 0 aliphatic rings. The fourth-order valence-electron chi connectivity index (χ4n) is 1.68. The molecule has 0 spiro atoms. The average Bonchev–Trinajstić information content (AvgIpc) is 2.34. The molecular formula is C12H11ClFN3. The van der Waals surface area contributed by atoms with Crippen LogP contribution in [0, 0.1) is 5.82 Å². The van der Waals surface area contributed by atoms with E-state index in [1.54, 1.807) is 30.5 Å². The predicted octanol–water partition coefficient (Wildman–Crippen LogP) is 2.43. The number of nitrogens with two attached hydrogens (primary N) is 1. The summed E-state index contributed by atoms with van der Waals surface area (Å²) >= 11 is 6.02. The van der Waals surface area contributed by atoms with Crippen LogP contribution in [-0.2, 0) is 0 Å². The fourth-order valence-corrected chi connectivity index (χ4v) is 1.90. The van der Waals surface area contributed by atoms with Gasteiger partial charge in [-0.1, -0.05) is 29.8 Å². The van der Waals surface area contributed by atoms with Crippen molar-refractivity contribution in [3.63, 3.8) is 0 Å². The van der Waals surface area contributed by atoms with Crippen LogP contribution in [0.15, 0.2) is 42.7 Å². The molecule has 2 aromatic rings. The van der Waals surface area contributed by atoms with E-state index in [1.165, 1.54) is 12.3 Å². The molecule has 1 aromatic carbocycles. The van der Waals surface area contributed by atoms with E-state index in [-0.39, 0.29) is 5.82 Å². The van der Waals surface area contributed by atoms with Crippen LogP contribution in [0.1, 0.15) is 17.2 Å². The maximum atomic E-state index is 13.7. The largest absolute Gasteiger partial charge is 0.271 e. The van der Waals surface area contributed by atoms with Gasteiger partial charge in [-0.25, -0.2) is 9.82 Å². The minimum Gasteiger partial charge on any atom is -0.271 e. The van der Waals surface area contributed by atoms with Crippen molar-refractivity contribution >= 4 is 11.6 Å². The summed E-state index contributed by atoms with van der Waals surface area (Å²) in [5, 5.41) is 0.443. The molecule has 0 fully saturated rings. The number of halogens is 2. The molecule has 1 atom stereocenters. The Bertz CT molecular complexity index is 473. The Morgan fingerprint density at radius 1 is 1.24 bits per heavy atom. The standard InChI is InChI=1S/C12H11ClFN3/c13-10-7-16-6-5-8(10)12(17-15)9-3-1-2-4-11(9)14/h1-7,12,17H,15H2. The highest BCUT2D eigenvalue weighted by Gasteiger charge is 2.18. The van der Waals surface area contributed by atoms with Crippen molar-refractivity contribution in [1.82, 2.24) is 10.4 Å². The highest BCUT2D eigenvalue weighted by molar-refractivity contribution is 6.31. The molecule has 0 aliphatic carbocycles. The van der Waals surface area contributed by atoms with Gasteiger partial charge in [0.05, 0.1) is 11.1 Å². The quantitative estimate of drug-likeness (QED) is 0.651. The maximum absolute atomic E-state index is 13.7. The lowest BCUT2D eigenvalue weighted by molar-refractivity contribution is 0.560. The second kappa shape index (κ2) is 5.23. The molecule has 0 saturated heterocycles. The molecule has 3 N–H and O–H groups in total. The topological polar surface area (TPSA) is 50.9 Å². The fraction of sp³-hybridized carbons (Fsp3) is 0.0833. The molecule has 0 saturated carbocycles. The summed E-state index contributed by atoms with van der Waals surface area (Å²) in [5.74, 6) is 5.15. The van der Waals surface area contributed by atoms with Crippen LogP contribution in [0.5, 0.6) is 0 Å². The Kier molecular flexibility index (Phi) is 3.68. The molecule has 1 heterocycles. The second-order valence-electron chi connectivity index (χ2n) is 3.52. The van der Waals surface area contributed by atoms with Crippen molar-refractivity contribution in [3.05, 3.63) is 64.7 Å². The van der Waals surface area contributed by atoms with E-state index < -0.39 is 6.04 Å². The Morgan fingerprint density at radius 3 is 2.65 bits per heavy atom. The maximum Gasteiger partial charge on any atom is 0.128 e. The molecule has 1 unspecified atom stereocenters. The molecule has 0 bridgehead atoms. The Hall–Kier alpha value is -1.49. The first-order valence-electron chi connectivity index (χ1n) is 5.04. The zero-order valence-corrected chi connectivity index (χ0v) is 9.66. The van der Waals surface area contributed by atoms with Crippen LogP contribution in [0.3, 0.4) is 0 Å². The van der Waals surface area contributed by atoms with Crippen molar-refractivity contribution in [2.24, 2.45) is 5.84 Å². The van der Waals surface area contributed by atoms with Crippen LogP contribution in [-0.4, -0.2) is 4.98 Å². The van der Waals surface area contributed by atoms with Crippen molar-refractivity contribution in [3.8, 4) is 0 Å². The van der Waals surface area contributed by atoms with Gasteiger partial charge in [0.15, 0.2) is 0 Å². The van der Waals surface area contributed by atoms with Crippen molar-refractivity contribution in [1.29, 1.82) is 0 Å². The number of rotatable bonds is 3. The van der Waals surface area contributed by atoms with E-state index in [9.17, 15) is 4.39 Å². The van der Waals surface area contributed by atoms with Crippen LogP contribution < -0.4 is 11.3 Å². The van der Waals surface area contributed by atoms with E-state index in [4.69, 9.17) is 17.4 Å². The number of aromatic nitrogens is 1. The number of nitrogens with one attached hydrogen (secondary N) is 1. The summed E-state index contributed by atoms with van der Waals surface area (Å²) in [6.07, 6.45) is 3.09. The van der Waals surface area contributed by atoms with E-state index in [0.717, 1.165) is 0 Å². The molecule has 17 heavy (non-hydrogen) atoms. The number of hydrogen-bond donors (Lipinski definition) is 2. The zero-order valence-electron chi connectivity index (χ0n) is 8.90. The highest BCUT2D eigenvalue weighted by Crippen LogP contribution is 2.28. The van der Waals surface area contributed by atoms with E-state index in [1.807, 2.05) is 0 Å². The Morgan fingerprint density at radius 2 is 2.00 bits per heavy atom. The Balaban J connectivity index is 2.48.